The minimum absolute atomic E-state index is 0.0103. The van der Waals surface area contributed by atoms with Gasteiger partial charge in [0.2, 0.25) is 0 Å². The Morgan fingerprint density at radius 3 is 2.83 bits per heavy atom. The fourth-order valence-corrected chi connectivity index (χ4v) is 4.34. The number of sulfone groups is 1. The molecule has 1 aliphatic rings. The van der Waals surface area contributed by atoms with E-state index in [1.807, 2.05) is 6.07 Å². The van der Waals surface area contributed by atoms with Gasteiger partial charge in [-0.05, 0) is 37.5 Å². The number of nitrogens with zero attached hydrogens (tertiary/aromatic N) is 1. The molecule has 0 spiro atoms. The third kappa shape index (κ3) is 5.06. The Morgan fingerprint density at radius 1 is 1.46 bits per heavy atom. The summed E-state index contributed by atoms with van der Waals surface area (Å²) in [5.41, 5.74) is 0.837. The summed E-state index contributed by atoms with van der Waals surface area (Å²) in [6.45, 7) is 1.44. The van der Waals surface area contributed by atoms with Gasteiger partial charge in [0.15, 0.2) is 15.9 Å². The van der Waals surface area contributed by atoms with E-state index in [1.165, 1.54) is 13.0 Å². The Hall–Kier alpha value is -2.40. The van der Waals surface area contributed by atoms with E-state index in [2.05, 4.69) is 5.32 Å². The maximum atomic E-state index is 12.0. The van der Waals surface area contributed by atoms with E-state index in [1.54, 1.807) is 18.2 Å². The van der Waals surface area contributed by atoms with Gasteiger partial charge in [-0.1, -0.05) is 6.07 Å². The third-order valence-corrected chi connectivity index (χ3v) is 5.56. The molecule has 0 aromatic heterocycles. The molecule has 24 heavy (non-hydrogen) atoms. The molecule has 128 valence electrons. The minimum Gasteiger partial charge on any atom is -0.453 e. The van der Waals surface area contributed by atoms with Gasteiger partial charge in [0, 0.05) is 12.1 Å². The van der Waals surface area contributed by atoms with Gasteiger partial charge in [0.25, 0.3) is 5.91 Å². The average Bonchev–Trinajstić information content (AvgIpc) is 2.85. The smallest absolute Gasteiger partial charge is 0.306 e. The topological polar surface area (TPSA) is 113 Å². The van der Waals surface area contributed by atoms with Crippen LogP contribution in [0.25, 0.3) is 0 Å². The lowest BCUT2D eigenvalue weighted by atomic mass is 10.1. The predicted octanol–water partition coefficient (Wildman–Crippen LogP) is 1.25. The van der Waals surface area contributed by atoms with Gasteiger partial charge < -0.3 is 10.1 Å². The largest absolute Gasteiger partial charge is 0.453 e. The van der Waals surface area contributed by atoms with Crippen LogP contribution < -0.4 is 5.32 Å². The van der Waals surface area contributed by atoms with Crippen molar-refractivity contribution >= 4 is 27.4 Å². The summed E-state index contributed by atoms with van der Waals surface area (Å²) < 4.78 is 27.8. The van der Waals surface area contributed by atoms with Crippen molar-refractivity contribution in [2.45, 2.75) is 25.9 Å². The summed E-state index contributed by atoms with van der Waals surface area (Å²) in [5.74, 6) is -1.27. The van der Waals surface area contributed by atoms with Gasteiger partial charge in [-0.15, -0.1) is 0 Å². The molecule has 0 saturated carbocycles. The van der Waals surface area contributed by atoms with Gasteiger partial charge in [-0.25, -0.2) is 8.42 Å². The zero-order valence-corrected chi connectivity index (χ0v) is 14.0. The Kier molecular flexibility index (Phi) is 5.57. The van der Waals surface area contributed by atoms with E-state index < -0.39 is 27.8 Å². The maximum absolute atomic E-state index is 12.0. The number of benzene rings is 1. The molecule has 0 radical (unpaired) electrons. The number of rotatable bonds is 5. The minimum atomic E-state index is -3.05. The fourth-order valence-electron chi connectivity index (χ4n) is 2.48. The molecule has 1 amide bonds. The molecular formula is C16H18N2O5S. The molecule has 0 bridgehead atoms. The van der Waals surface area contributed by atoms with E-state index in [9.17, 15) is 18.0 Å². The second kappa shape index (κ2) is 7.45. The van der Waals surface area contributed by atoms with Crippen LogP contribution in [0.5, 0.6) is 0 Å². The molecule has 1 heterocycles. The molecular weight excluding hydrogens is 332 g/mol. The number of anilines is 1. The van der Waals surface area contributed by atoms with Crippen LogP contribution in [0.3, 0.4) is 0 Å². The molecule has 1 saturated heterocycles. The Bertz CT molecular complexity index is 782. The highest BCUT2D eigenvalue weighted by Crippen LogP contribution is 2.22. The highest BCUT2D eigenvalue weighted by molar-refractivity contribution is 7.91. The lowest BCUT2D eigenvalue weighted by Gasteiger charge is -2.15. The second-order valence-corrected chi connectivity index (χ2v) is 8.02. The molecule has 1 N–H and O–H groups in total. The molecule has 1 aromatic rings. The summed E-state index contributed by atoms with van der Waals surface area (Å²) >= 11 is 0. The third-order valence-electron chi connectivity index (χ3n) is 3.72. The van der Waals surface area contributed by atoms with E-state index >= 15 is 0 Å². The number of carbonyl (C=O) groups excluding carboxylic acids is 2. The molecule has 1 aromatic carbocycles. The molecule has 8 heteroatoms. The first kappa shape index (κ1) is 17.9. The number of ether oxygens (including phenoxy) is 1. The molecule has 2 rings (SSSR count). The van der Waals surface area contributed by atoms with Crippen molar-refractivity contribution in [2.75, 3.05) is 16.8 Å². The van der Waals surface area contributed by atoms with Crippen molar-refractivity contribution in [3.63, 3.8) is 0 Å². The van der Waals surface area contributed by atoms with Gasteiger partial charge in [0.05, 0.1) is 23.1 Å². The lowest BCUT2D eigenvalue weighted by molar-refractivity contribution is -0.153. The SMILES string of the molecule is C[C@H](OC(=O)C[C@@H]1CCS(=O)(=O)C1)C(=O)Nc1cccc(C#N)c1. The zero-order chi connectivity index (χ0) is 17.7. The summed E-state index contributed by atoms with van der Waals surface area (Å²) in [6, 6.07) is 8.33. The number of nitriles is 1. The number of hydrogen-bond acceptors (Lipinski definition) is 6. The molecule has 2 atom stereocenters. The van der Waals surface area contributed by atoms with Crippen molar-refractivity contribution in [1.82, 2.24) is 0 Å². The van der Waals surface area contributed by atoms with Crippen molar-refractivity contribution in [3.8, 4) is 6.07 Å². The van der Waals surface area contributed by atoms with Crippen molar-refractivity contribution in [1.29, 1.82) is 5.26 Å². The summed E-state index contributed by atoms with van der Waals surface area (Å²) in [7, 11) is -3.05. The number of amides is 1. The van der Waals surface area contributed by atoms with E-state index in [0.29, 0.717) is 17.7 Å². The molecule has 0 aliphatic carbocycles. The van der Waals surface area contributed by atoms with Gasteiger partial charge >= 0.3 is 5.97 Å². The van der Waals surface area contributed by atoms with Gasteiger partial charge in [-0.2, -0.15) is 5.26 Å². The van der Waals surface area contributed by atoms with Crippen LogP contribution in [0, 0.1) is 17.2 Å². The normalized spacial score (nSPS) is 19.9. The molecule has 1 aliphatic heterocycles. The fraction of sp³-hybridized carbons (Fsp3) is 0.438. The van der Waals surface area contributed by atoms with Crippen LogP contribution in [0.15, 0.2) is 24.3 Å². The first-order valence-electron chi connectivity index (χ1n) is 7.50. The first-order valence-corrected chi connectivity index (χ1v) is 9.32. The van der Waals surface area contributed by atoms with Crippen LogP contribution in [-0.2, 0) is 24.2 Å². The maximum Gasteiger partial charge on any atom is 0.306 e. The van der Waals surface area contributed by atoms with Gasteiger partial charge in [0.1, 0.15) is 0 Å². The van der Waals surface area contributed by atoms with Crippen molar-refractivity contribution < 1.29 is 22.7 Å². The second-order valence-electron chi connectivity index (χ2n) is 5.79. The van der Waals surface area contributed by atoms with Crippen molar-refractivity contribution in [2.24, 2.45) is 5.92 Å². The lowest BCUT2D eigenvalue weighted by Crippen LogP contribution is -2.30. The Balaban J connectivity index is 1.85. The van der Waals surface area contributed by atoms with Crippen LogP contribution in [0.1, 0.15) is 25.3 Å². The van der Waals surface area contributed by atoms with Crippen LogP contribution in [0.4, 0.5) is 5.69 Å². The monoisotopic (exact) mass is 350 g/mol. The summed E-state index contributed by atoms with van der Waals surface area (Å²) in [4.78, 5) is 23.9. The van der Waals surface area contributed by atoms with Crippen LogP contribution in [-0.4, -0.2) is 37.9 Å². The molecule has 0 unspecified atom stereocenters. The predicted molar refractivity (Wildman–Crippen MR) is 86.7 cm³/mol. The van der Waals surface area contributed by atoms with Gasteiger partial charge in [-0.3, -0.25) is 9.59 Å². The van der Waals surface area contributed by atoms with E-state index in [4.69, 9.17) is 10.00 Å². The van der Waals surface area contributed by atoms with E-state index in [0.717, 1.165) is 0 Å². The Morgan fingerprint density at radius 2 is 2.21 bits per heavy atom. The number of esters is 1. The molecule has 7 nitrogen and oxygen atoms in total. The first-order chi connectivity index (χ1) is 11.3. The Labute approximate surface area is 140 Å². The molecule has 1 fully saturated rings. The quantitative estimate of drug-likeness (QED) is 0.800. The van der Waals surface area contributed by atoms with E-state index in [-0.39, 0.29) is 23.8 Å². The standard InChI is InChI=1S/C16H18N2O5S/c1-11(16(20)18-14-4-2-3-12(7-14)9-17)23-15(19)8-13-5-6-24(21,22)10-13/h2-4,7,11,13H,5-6,8,10H2,1H3,(H,18,20)/t11-,13-/m0/s1. The summed E-state index contributed by atoms with van der Waals surface area (Å²) in [6.07, 6.45) is -0.582. The zero-order valence-electron chi connectivity index (χ0n) is 13.2. The summed E-state index contributed by atoms with van der Waals surface area (Å²) in [5, 5.41) is 11.4. The number of hydrogen-bond donors (Lipinski definition) is 1. The number of nitrogens with one attached hydrogen (secondary N) is 1. The van der Waals surface area contributed by atoms with Crippen LogP contribution >= 0.6 is 0 Å². The van der Waals surface area contributed by atoms with Crippen LogP contribution in [0.2, 0.25) is 0 Å². The number of carbonyl (C=O) groups is 2. The average molecular weight is 350 g/mol. The highest BCUT2D eigenvalue weighted by Gasteiger charge is 2.30. The highest BCUT2D eigenvalue weighted by atomic mass is 32.2. The van der Waals surface area contributed by atoms with Crippen molar-refractivity contribution in [3.05, 3.63) is 29.8 Å².